The maximum absolute atomic E-state index is 15.3. The maximum Gasteiger partial charge on any atom is 0.360 e. The second-order valence-corrected chi connectivity index (χ2v) is 14.4. The van der Waals surface area contributed by atoms with Gasteiger partial charge in [0.15, 0.2) is 0 Å². The molecule has 1 aliphatic rings. The monoisotopic (exact) mass is 641 g/mol. The highest BCUT2D eigenvalue weighted by Crippen LogP contribution is 2.66. The Labute approximate surface area is 267 Å². The van der Waals surface area contributed by atoms with E-state index in [0.29, 0.717) is 36.6 Å². The number of carboxylic acid groups (broad SMARTS) is 1. The number of hydrogen-bond acceptors (Lipinski definition) is 8. The van der Waals surface area contributed by atoms with E-state index in [-0.39, 0.29) is 28.4 Å². The summed E-state index contributed by atoms with van der Waals surface area (Å²) in [6, 6.07) is 15.9. The van der Waals surface area contributed by atoms with Crippen molar-refractivity contribution in [1.29, 1.82) is 0 Å². The zero-order valence-electron chi connectivity index (χ0n) is 27.9. The zero-order chi connectivity index (χ0) is 33.6. The fourth-order valence-electron chi connectivity index (χ4n) is 5.27. The first-order valence-corrected chi connectivity index (χ1v) is 17.0. The normalized spacial score (nSPS) is 18.5. The molecule has 3 atom stereocenters. The van der Waals surface area contributed by atoms with E-state index < -0.39 is 36.6 Å². The molecule has 45 heavy (non-hydrogen) atoms. The molecule has 0 aromatic heterocycles. The van der Waals surface area contributed by atoms with Gasteiger partial charge in [-0.1, -0.05) is 70.2 Å². The molecule has 0 spiro atoms. The summed E-state index contributed by atoms with van der Waals surface area (Å²) in [6.45, 7) is 16.6. The zero-order valence-corrected chi connectivity index (χ0v) is 28.8. The second kappa shape index (κ2) is 15.3. The van der Waals surface area contributed by atoms with Crippen molar-refractivity contribution in [1.82, 2.24) is 9.80 Å². The molecule has 2 aromatic carbocycles. The lowest BCUT2D eigenvalue weighted by atomic mass is 9.85. The lowest BCUT2D eigenvalue weighted by Crippen LogP contribution is -2.37. The predicted molar refractivity (Wildman–Crippen MR) is 177 cm³/mol. The largest absolute Gasteiger partial charge is 0.478 e. The highest BCUT2D eigenvalue weighted by molar-refractivity contribution is 7.58. The summed E-state index contributed by atoms with van der Waals surface area (Å²) in [7, 11) is -2.23. The molecule has 11 heteroatoms. The standard InChI is InChI=1S/C34H48N3O7P/c1-22(2)26(7)43-45(42,44-27(8)23(3)4)33-25(6)36(19-18-35(9)21-28-14-11-10-12-15-28)24(5)31(34(38)39)32(33)29-16-13-17-30(20-29)37(40)41/h10-17,20,22-23,26-27,32H,18-19,21H2,1-9H3,(H,38,39). The van der Waals surface area contributed by atoms with Crippen molar-refractivity contribution in [2.45, 2.75) is 80.1 Å². The van der Waals surface area contributed by atoms with Crippen molar-refractivity contribution < 1.29 is 28.4 Å². The summed E-state index contributed by atoms with van der Waals surface area (Å²) in [4.78, 5) is 28.4. The van der Waals surface area contributed by atoms with Crippen molar-refractivity contribution in [2.24, 2.45) is 11.8 Å². The molecule has 1 aliphatic heterocycles. The number of carboxylic acids is 1. The first-order valence-electron chi connectivity index (χ1n) is 15.4. The number of nitro benzene ring substituents is 1. The quantitative estimate of drug-likeness (QED) is 0.117. The van der Waals surface area contributed by atoms with Crippen LogP contribution in [0.4, 0.5) is 5.69 Å². The molecule has 0 saturated heterocycles. The maximum atomic E-state index is 15.3. The van der Waals surface area contributed by atoms with Crippen LogP contribution in [0.5, 0.6) is 0 Å². The van der Waals surface area contributed by atoms with Crippen LogP contribution in [0.1, 0.15) is 72.4 Å². The fourth-order valence-corrected chi connectivity index (χ4v) is 8.02. The van der Waals surface area contributed by atoms with Gasteiger partial charge < -0.3 is 24.0 Å². The van der Waals surface area contributed by atoms with Gasteiger partial charge >= 0.3 is 13.6 Å². The number of nitro groups is 1. The van der Waals surface area contributed by atoms with Crippen LogP contribution in [-0.2, 0) is 25.0 Å². The molecule has 0 saturated carbocycles. The Morgan fingerprint density at radius 3 is 2.07 bits per heavy atom. The average molecular weight is 642 g/mol. The minimum Gasteiger partial charge on any atom is -0.478 e. The van der Waals surface area contributed by atoms with Crippen LogP contribution in [0.3, 0.4) is 0 Å². The number of aliphatic carboxylic acids is 1. The molecule has 0 amide bonds. The fraction of sp³-hybridized carbons (Fsp3) is 0.500. The van der Waals surface area contributed by atoms with E-state index in [1.165, 1.54) is 18.2 Å². The molecule has 2 aromatic rings. The Kier molecular flexibility index (Phi) is 12.3. The predicted octanol–water partition coefficient (Wildman–Crippen LogP) is 8.03. The van der Waals surface area contributed by atoms with E-state index in [9.17, 15) is 20.0 Å². The summed E-state index contributed by atoms with van der Waals surface area (Å²) in [5.74, 6) is -2.35. The van der Waals surface area contributed by atoms with Gasteiger partial charge in [0.2, 0.25) is 0 Å². The SMILES string of the molecule is CC1=C(C(=O)O)C(c2cccc([N+](=O)[O-])c2)C(P(=O)(OC(C)C(C)C)OC(C)C(C)C)=C(C)N1CCN(C)Cc1ccccc1. The van der Waals surface area contributed by atoms with E-state index in [2.05, 4.69) is 17.0 Å². The Morgan fingerprint density at radius 2 is 1.56 bits per heavy atom. The summed E-state index contributed by atoms with van der Waals surface area (Å²) in [6.07, 6.45) is -0.987. The van der Waals surface area contributed by atoms with E-state index in [4.69, 9.17) is 9.05 Å². The smallest absolute Gasteiger partial charge is 0.360 e. The summed E-state index contributed by atoms with van der Waals surface area (Å²) in [5, 5.41) is 22.7. The minimum absolute atomic E-state index is 0.0176. The van der Waals surface area contributed by atoms with Crippen molar-refractivity contribution in [3.63, 3.8) is 0 Å². The molecule has 3 rings (SSSR count). The van der Waals surface area contributed by atoms with Crippen LogP contribution in [0, 0.1) is 22.0 Å². The molecule has 0 fully saturated rings. The molecular formula is C34H48N3O7P. The lowest BCUT2D eigenvalue weighted by Gasteiger charge is -2.41. The molecule has 3 unspecified atom stereocenters. The third-order valence-corrected chi connectivity index (χ3v) is 11.0. The number of allylic oxidation sites excluding steroid dienone is 3. The Bertz CT molecular complexity index is 1450. The molecule has 10 nitrogen and oxygen atoms in total. The summed E-state index contributed by atoms with van der Waals surface area (Å²) >= 11 is 0. The third-order valence-electron chi connectivity index (χ3n) is 8.56. The van der Waals surface area contributed by atoms with Crippen LogP contribution in [0.2, 0.25) is 0 Å². The van der Waals surface area contributed by atoms with Gasteiger partial charge in [0.05, 0.1) is 33.9 Å². The van der Waals surface area contributed by atoms with Gasteiger partial charge in [0.25, 0.3) is 5.69 Å². The second-order valence-electron chi connectivity index (χ2n) is 12.5. The van der Waals surface area contributed by atoms with Crippen LogP contribution < -0.4 is 0 Å². The van der Waals surface area contributed by atoms with Crippen molar-refractivity contribution >= 4 is 19.3 Å². The Morgan fingerprint density at radius 1 is 0.978 bits per heavy atom. The van der Waals surface area contributed by atoms with Gasteiger partial charge in [0, 0.05) is 43.2 Å². The van der Waals surface area contributed by atoms with Gasteiger partial charge in [0.1, 0.15) is 0 Å². The first-order chi connectivity index (χ1) is 21.1. The number of nitrogens with zero attached hydrogens (tertiary/aromatic N) is 3. The highest BCUT2D eigenvalue weighted by atomic mass is 31.2. The molecule has 1 N–H and O–H groups in total. The van der Waals surface area contributed by atoms with Gasteiger partial charge in [-0.2, -0.15) is 0 Å². The van der Waals surface area contributed by atoms with Crippen LogP contribution in [0.25, 0.3) is 0 Å². The Balaban J connectivity index is 2.25. The average Bonchev–Trinajstić information content (AvgIpc) is 2.96. The van der Waals surface area contributed by atoms with E-state index in [0.717, 1.165) is 5.56 Å². The molecular weight excluding hydrogens is 593 g/mol. The van der Waals surface area contributed by atoms with E-state index in [1.54, 1.807) is 19.9 Å². The number of carbonyl (C=O) groups is 1. The van der Waals surface area contributed by atoms with Crippen LogP contribution >= 0.6 is 7.60 Å². The van der Waals surface area contributed by atoms with E-state index in [1.807, 2.05) is 71.7 Å². The molecule has 1 heterocycles. The van der Waals surface area contributed by atoms with Crippen molar-refractivity contribution in [3.05, 3.63) is 98.1 Å². The number of non-ortho nitro benzene ring substituents is 1. The third kappa shape index (κ3) is 8.70. The van der Waals surface area contributed by atoms with Crippen molar-refractivity contribution in [3.8, 4) is 0 Å². The molecule has 0 aliphatic carbocycles. The van der Waals surface area contributed by atoms with E-state index >= 15 is 4.57 Å². The van der Waals surface area contributed by atoms with Gasteiger partial charge in [-0.05, 0) is 57.7 Å². The molecule has 0 bridgehead atoms. The van der Waals surface area contributed by atoms with Gasteiger partial charge in [-0.25, -0.2) is 4.79 Å². The summed E-state index contributed by atoms with van der Waals surface area (Å²) < 4.78 is 28.1. The van der Waals surface area contributed by atoms with Gasteiger partial charge in [-0.3, -0.25) is 14.7 Å². The van der Waals surface area contributed by atoms with Crippen LogP contribution in [-0.4, -0.2) is 58.1 Å². The number of benzene rings is 2. The number of hydrogen-bond donors (Lipinski definition) is 1. The van der Waals surface area contributed by atoms with Gasteiger partial charge in [-0.15, -0.1) is 0 Å². The van der Waals surface area contributed by atoms with Crippen molar-refractivity contribution in [2.75, 3.05) is 20.1 Å². The number of rotatable bonds is 15. The number of likely N-dealkylation sites (N-methyl/N-ethyl adjacent to an activating group) is 1. The minimum atomic E-state index is -4.22. The molecule has 246 valence electrons. The summed E-state index contributed by atoms with van der Waals surface area (Å²) in [5.41, 5.74) is 2.28. The molecule has 0 radical (unpaired) electrons. The highest BCUT2D eigenvalue weighted by Gasteiger charge is 2.48. The lowest BCUT2D eigenvalue weighted by molar-refractivity contribution is -0.384. The first kappa shape index (κ1) is 36.2. The Hall–Kier alpha value is -3.30. The topological polar surface area (TPSA) is 122 Å². The van der Waals surface area contributed by atoms with Crippen LogP contribution in [0.15, 0.2) is 76.9 Å².